The van der Waals surface area contributed by atoms with Crippen molar-refractivity contribution in [1.82, 2.24) is 24.5 Å². The standard InChI is InChI=1S/C30H28N6O4S2/c31-23-26(38)35-24(29(39)40-25(17-8-3-1-4-9-17)18-10-5-2-6-11-18)19(16-42-28(23)35)15-41-27-20-12-7-13-21(20)32-30-33-22(14-37)34-36(27)30/h1-6,8-11,23,25,28,37H,7,12-16,31H2/t23?,28-/m0/s1. The van der Waals surface area contributed by atoms with Gasteiger partial charge in [0.2, 0.25) is 5.91 Å². The van der Waals surface area contributed by atoms with Crippen molar-refractivity contribution >= 4 is 41.2 Å². The van der Waals surface area contributed by atoms with Crippen LogP contribution in [0, 0.1) is 0 Å². The summed E-state index contributed by atoms with van der Waals surface area (Å²) >= 11 is 3.10. The lowest BCUT2D eigenvalue weighted by Crippen LogP contribution is -2.68. The Morgan fingerprint density at radius 2 is 1.81 bits per heavy atom. The molecule has 1 amide bonds. The highest BCUT2D eigenvalue weighted by molar-refractivity contribution is 8.01. The molecule has 2 aliphatic heterocycles. The summed E-state index contributed by atoms with van der Waals surface area (Å²) in [7, 11) is 0. The van der Waals surface area contributed by atoms with E-state index >= 15 is 0 Å². The molecule has 2 aromatic heterocycles. The van der Waals surface area contributed by atoms with Gasteiger partial charge in [-0.1, -0.05) is 60.7 Å². The van der Waals surface area contributed by atoms with E-state index in [1.807, 2.05) is 60.7 Å². The molecule has 1 fully saturated rings. The number of aliphatic hydroxyl groups is 1. The van der Waals surface area contributed by atoms with Crippen LogP contribution in [0.3, 0.4) is 0 Å². The van der Waals surface area contributed by atoms with E-state index < -0.39 is 18.1 Å². The first kappa shape index (κ1) is 27.1. The molecule has 4 heterocycles. The van der Waals surface area contributed by atoms with Crippen molar-refractivity contribution in [3.8, 4) is 0 Å². The lowest BCUT2D eigenvalue weighted by Gasteiger charge is -2.48. The molecule has 2 atom stereocenters. The Hall–Kier alpha value is -3.71. The molecule has 10 nitrogen and oxygen atoms in total. The average molecular weight is 601 g/mol. The molecular formula is C30H28N6O4S2. The van der Waals surface area contributed by atoms with Crippen LogP contribution in [0.5, 0.6) is 0 Å². The van der Waals surface area contributed by atoms with E-state index in [0.29, 0.717) is 23.1 Å². The number of β-lactam (4-membered cyclic amide) rings is 1. The zero-order chi connectivity index (χ0) is 28.8. The molecule has 0 saturated carbocycles. The van der Waals surface area contributed by atoms with Gasteiger partial charge in [0.25, 0.3) is 5.78 Å². The number of rotatable bonds is 8. The molecule has 1 aliphatic carbocycles. The van der Waals surface area contributed by atoms with E-state index in [1.54, 1.807) is 16.3 Å². The molecule has 1 unspecified atom stereocenters. The largest absolute Gasteiger partial charge is 0.448 e. The van der Waals surface area contributed by atoms with Crippen LogP contribution in [0.15, 0.2) is 77.0 Å². The number of aromatic nitrogens is 4. The van der Waals surface area contributed by atoms with Crippen LogP contribution in [-0.2, 0) is 33.8 Å². The fraction of sp³-hybridized carbons (Fsp3) is 0.300. The van der Waals surface area contributed by atoms with Gasteiger partial charge in [0.05, 0.1) is 5.69 Å². The van der Waals surface area contributed by atoms with Crippen LogP contribution < -0.4 is 5.73 Å². The van der Waals surface area contributed by atoms with Crippen LogP contribution in [0.4, 0.5) is 0 Å². The van der Waals surface area contributed by atoms with Gasteiger partial charge in [0, 0.05) is 17.1 Å². The number of thioether (sulfide) groups is 2. The van der Waals surface area contributed by atoms with Crippen LogP contribution in [0.1, 0.15) is 40.7 Å². The topological polar surface area (TPSA) is 136 Å². The number of nitrogens with two attached hydrogens (primary N) is 1. The molecule has 214 valence electrons. The number of hydrogen-bond acceptors (Lipinski definition) is 10. The van der Waals surface area contributed by atoms with Crippen molar-refractivity contribution in [3.05, 3.63) is 100 Å². The number of benzene rings is 2. The SMILES string of the molecule is NC1C(=O)N2C(C(=O)OC(c3ccccc3)c3ccccc3)=C(CSc3c4c(nc5nc(CO)nn35)CCC4)CS[C@@H]12. The summed E-state index contributed by atoms with van der Waals surface area (Å²) < 4.78 is 7.91. The van der Waals surface area contributed by atoms with Crippen molar-refractivity contribution in [3.63, 3.8) is 0 Å². The Morgan fingerprint density at radius 1 is 1.10 bits per heavy atom. The Bertz CT molecular complexity index is 1670. The first-order valence-corrected chi connectivity index (χ1v) is 15.8. The van der Waals surface area contributed by atoms with Gasteiger partial charge in [-0.15, -0.1) is 28.6 Å². The highest BCUT2D eigenvalue weighted by Gasteiger charge is 2.52. The molecule has 42 heavy (non-hydrogen) atoms. The molecule has 3 N–H and O–H groups in total. The number of carbonyl (C=O) groups excluding carboxylic acids is 2. The van der Waals surface area contributed by atoms with Gasteiger partial charge in [-0.25, -0.2) is 9.78 Å². The van der Waals surface area contributed by atoms with Gasteiger partial charge in [-0.2, -0.15) is 9.50 Å². The summed E-state index contributed by atoms with van der Waals surface area (Å²) in [4.78, 5) is 37.6. The third-order valence-corrected chi connectivity index (χ3v) is 10.3. The lowest BCUT2D eigenvalue weighted by molar-refractivity contribution is -0.153. The third kappa shape index (κ3) is 4.68. The van der Waals surface area contributed by atoms with Gasteiger partial charge < -0.3 is 15.6 Å². The minimum Gasteiger partial charge on any atom is -0.448 e. The first-order chi connectivity index (χ1) is 20.5. The van der Waals surface area contributed by atoms with Gasteiger partial charge in [-0.3, -0.25) is 9.69 Å². The monoisotopic (exact) mass is 600 g/mol. The zero-order valence-corrected chi connectivity index (χ0v) is 24.2. The molecular weight excluding hydrogens is 573 g/mol. The Balaban J connectivity index is 1.25. The summed E-state index contributed by atoms with van der Waals surface area (Å²) in [5.74, 6) is 0.893. The number of carbonyl (C=O) groups is 2. The van der Waals surface area contributed by atoms with Crippen molar-refractivity contribution in [1.29, 1.82) is 0 Å². The van der Waals surface area contributed by atoms with E-state index in [-0.39, 0.29) is 23.6 Å². The molecule has 2 aromatic carbocycles. The number of fused-ring (bicyclic) bond motifs is 3. The number of ether oxygens (including phenoxy) is 1. The second-order valence-corrected chi connectivity index (χ2v) is 12.4. The van der Waals surface area contributed by atoms with Crippen LogP contribution in [-0.4, -0.2) is 64.4 Å². The predicted molar refractivity (Wildman–Crippen MR) is 158 cm³/mol. The molecule has 4 aromatic rings. The van der Waals surface area contributed by atoms with Gasteiger partial charge in [-0.05, 0) is 36.0 Å². The van der Waals surface area contributed by atoms with E-state index in [0.717, 1.165) is 52.2 Å². The van der Waals surface area contributed by atoms with Gasteiger partial charge in [0.15, 0.2) is 11.9 Å². The van der Waals surface area contributed by atoms with Gasteiger partial charge >= 0.3 is 5.97 Å². The van der Waals surface area contributed by atoms with E-state index in [4.69, 9.17) is 10.5 Å². The number of hydrogen-bond donors (Lipinski definition) is 2. The number of amides is 1. The highest BCUT2D eigenvalue weighted by atomic mass is 32.2. The minimum atomic E-state index is -0.652. The van der Waals surface area contributed by atoms with Crippen molar-refractivity contribution in [2.45, 2.75) is 48.4 Å². The molecule has 0 radical (unpaired) electrons. The van der Waals surface area contributed by atoms with Gasteiger partial charge in [0.1, 0.15) is 28.7 Å². The van der Waals surface area contributed by atoms with Crippen LogP contribution in [0.25, 0.3) is 5.78 Å². The van der Waals surface area contributed by atoms with Crippen molar-refractivity contribution in [2.75, 3.05) is 11.5 Å². The molecule has 7 rings (SSSR count). The summed E-state index contributed by atoms with van der Waals surface area (Å²) in [5.41, 5.74) is 11.0. The number of aliphatic hydroxyl groups excluding tert-OH is 1. The van der Waals surface area contributed by atoms with E-state index in [1.165, 1.54) is 16.7 Å². The smallest absolute Gasteiger partial charge is 0.356 e. The van der Waals surface area contributed by atoms with Crippen molar-refractivity contribution < 1.29 is 19.4 Å². The molecule has 1 saturated heterocycles. The zero-order valence-electron chi connectivity index (χ0n) is 22.6. The lowest BCUT2D eigenvalue weighted by atomic mass is 10.0. The number of aryl methyl sites for hydroxylation is 1. The third-order valence-electron chi connectivity index (χ3n) is 7.74. The quantitative estimate of drug-likeness (QED) is 0.134. The molecule has 12 heteroatoms. The fourth-order valence-electron chi connectivity index (χ4n) is 5.68. The van der Waals surface area contributed by atoms with Crippen molar-refractivity contribution in [2.24, 2.45) is 5.73 Å². The Kier molecular flexibility index (Phi) is 7.22. The average Bonchev–Trinajstić information content (AvgIpc) is 3.68. The molecule has 0 spiro atoms. The summed E-state index contributed by atoms with van der Waals surface area (Å²) in [5, 5.41) is 14.7. The second-order valence-electron chi connectivity index (χ2n) is 10.4. The molecule has 0 bridgehead atoms. The molecule has 3 aliphatic rings. The first-order valence-electron chi connectivity index (χ1n) is 13.8. The summed E-state index contributed by atoms with van der Waals surface area (Å²) in [6, 6.07) is 18.5. The Labute approximate surface area is 250 Å². The highest BCUT2D eigenvalue weighted by Crippen LogP contribution is 2.43. The summed E-state index contributed by atoms with van der Waals surface area (Å²) in [6.45, 7) is -0.279. The minimum absolute atomic E-state index is 0.270. The number of esters is 1. The maximum absolute atomic E-state index is 14.1. The number of nitrogens with zero attached hydrogens (tertiary/aromatic N) is 5. The van der Waals surface area contributed by atoms with Crippen LogP contribution >= 0.6 is 23.5 Å². The normalized spacial score (nSPS) is 19.7. The summed E-state index contributed by atoms with van der Waals surface area (Å²) in [6.07, 6.45) is 2.08. The maximum Gasteiger partial charge on any atom is 0.356 e. The van der Waals surface area contributed by atoms with E-state index in [9.17, 15) is 14.7 Å². The Morgan fingerprint density at radius 3 is 2.50 bits per heavy atom. The fourth-order valence-corrected chi connectivity index (χ4v) is 8.29. The maximum atomic E-state index is 14.1. The second kappa shape index (κ2) is 11.2. The van der Waals surface area contributed by atoms with E-state index in [2.05, 4.69) is 15.1 Å². The van der Waals surface area contributed by atoms with Crippen LogP contribution in [0.2, 0.25) is 0 Å². The predicted octanol–water partition coefficient (Wildman–Crippen LogP) is 3.03.